The van der Waals surface area contributed by atoms with Crippen molar-refractivity contribution in [3.05, 3.63) is 54.1 Å². The number of carbonyl (C=O) groups is 3. The molecular weight excluding hydrogens is 360 g/mol. The molecule has 0 bridgehead atoms. The molecule has 146 valence electrons. The number of rotatable bonds is 6. The summed E-state index contributed by atoms with van der Waals surface area (Å²) < 4.78 is 10.2. The number of aryl methyl sites for hydroxylation is 1. The highest BCUT2D eigenvalue weighted by Gasteiger charge is 2.36. The predicted octanol–water partition coefficient (Wildman–Crippen LogP) is 2.54. The minimum Gasteiger partial charge on any atom is -0.497 e. The lowest BCUT2D eigenvalue weighted by molar-refractivity contribution is -0.151. The topological polar surface area (TPSA) is 84.9 Å². The zero-order valence-corrected chi connectivity index (χ0v) is 15.8. The maximum atomic E-state index is 12.3. The van der Waals surface area contributed by atoms with Crippen molar-refractivity contribution in [3.63, 3.8) is 0 Å². The number of hydrogen-bond acceptors (Lipinski definition) is 5. The number of ether oxygens (including phenoxy) is 2. The van der Waals surface area contributed by atoms with Gasteiger partial charge in [0.25, 0.3) is 5.91 Å². The molecule has 1 aliphatic rings. The Labute approximate surface area is 163 Å². The number of esters is 1. The van der Waals surface area contributed by atoms with Crippen molar-refractivity contribution < 1.29 is 23.9 Å². The molecule has 2 aromatic rings. The predicted molar refractivity (Wildman–Crippen MR) is 104 cm³/mol. The second-order valence-electron chi connectivity index (χ2n) is 6.63. The third-order valence-electron chi connectivity index (χ3n) is 4.49. The molecule has 0 unspecified atom stereocenters. The van der Waals surface area contributed by atoms with Crippen molar-refractivity contribution >= 4 is 29.2 Å². The van der Waals surface area contributed by atoms with E-state index < -0.39 is 17.8 Å². The number of benzene rings is 2. The smallest absolute Gasteiger partial charge is 0.311 e. The number of hydrogen-bond donors (Lipinski definition) is 1. The van der Waals surface area contributed by atoms with Gasteiger partial charge in [0.2, 0.25) is 5.91 Å². The van der Waals surface area contributed by atoms with Crippen molar-refractivity contribution in [2.75, 3.05) is 30.5 Å². The van der Waals surface area contributed by atoms with Crippen LogP contribution in [0.4, 0.5) is 11.4 Å². The number of nitrogens with zero attached hydrogens (tertiary/aromatic N) is 1. The molecule has 7 heteroatoms. The van der Waals surface area contributed by atoms with Gasteiger partial charge in [-0.2, -0.15) is 0 Å². The molecular formula is C21H22N2O5. The molecule has 0 spiro atoms. The van der Waals surface area contributed by atoms with E-state index in [9.17, 15) is 14.4 Å². The Morgan fingerprint density at radius 2 is 1.93 bits per heavy atom. The lowest BCUT2D eigenvalue weighted by atomic mass is 10.1. The minimum absolute atomic E-state index is 0.0599. The van der Waals surface area contributed by atoms with Gasteiger partial charge in [0.05, 0.1) is 13.0 Å². The first-order valence-corrected chi connectivity index (χ1v) is 8.94. The molecule has 1 heterocycles. The van der Waals surface area contributed by atoms with Gasteiger partial charge in [-0.15, -0.1) is 0 Å². The SMILES string of the molecule is COc1ccc(N2C[C@@H](C(=O)OCC(=O)Nc3cccc(C)c3)CC2=O)cc1. The van der Waals surface area contributed by atoms with Crippen molar-refractivity contribution in [2.24, 2.45) is 5.92 Å². The van der Waals surface area contributed by atoms with Gasteiger partial charge in [-0.3, -0.25) is 14.4 Å². The van der Waals surface area contributed by atoms with Gasteiger partial charge in [-0.25, -0.2) is 0 Å². The normalized spacial score (nSPS) is 16.0. The first kappa shape index (κ1) is 19.4. The summed E-state index contributed by atoms with van der Waals surface area (Å²) in [4.78, 5) is 38.1. The zero-order chi connectivity index (χ0) is 20.1. The molecule has 1 saturated heterocycles. The van der Waals surface area contributed by atoms with Crippen molar-refractivity contribution in [3.8, 4) is 5.75 Å². The van der Waals surface area contributed by atoms with Gasteiger partial charge in [0, 0.05) is 24.3 Å². The lowest BCUT2D eigenvalue weighted by Crippen LogP contribution is -2.28. The van der Waals surface area contributed by atoms with Crippen molar-refractivity contribution in [1.82, 2.24) is 0 Å². The standard InChI is InChI=1S/C21H22N2O5/c1-14-4-3-5-16(10-14)22-19(24)13-28-21(26)15-11-20(25)23(12-15)17-6-8-18(27-2)9-7-17/h3-10,15H,11-13H2,1-2H3,(H,22,24)/t15-/m0/s1. The Morgan fingerprint density at radius 3 is 2.61 bits per heavy atom. The van der Waals surface area contributed by atoms with Crippen molar-refractivity contribution in [1.29, 1.82) is 0 Å². The summed E-state index contributed by atoms with van der Waals surface area (Å²) in [5.41, 5.74) is 2.35. The Hall–Kier alpha value is -3.35. The highest BCUT2D eigenvalue weighted by Crippen LogP contribution is 2.27. The van der Waals surface area contributed by atoms with Crippen LogP contribution in [0, 0.1) is 12.8 Å². The van der Waals surface area contributed by atoms with E-state index in [1.54, 1.807) is 37.4 Å². The first-order valence-electron chi connectivity index (χ1n) is 8.94. The number of methoxy groups -OCH3 is 1. The molecule has 0 aromatic heterocycles. The van der Waals surface area contributed by atoms with E-state index in [1.807, 2.05) is 25.1 Å². The summed E-state index contributed by atoms with van der Waals surface area (Å²) in [5.74, 6) is -1.04. The van der Waals surface area contributed by atoms with E-state index >= 15 is 0 Å². The summed E-state index contributed by atoms with van der Waals surface area (Å²) in [7, 11) is 1.57. The molecule has 28 heavy (non-hydrogen) atoms. The molecule has 1 atom stereocenters. The second kappa shape index (κ2) is 8.56. The highest BCUT2D eigenvalue weighted by molar-refractivity contribution is 6.00. The van der Waals surface area contributed by atoms with Crippen LogP contribution in [0.1, 0.15) is 12.0 Å². The molecule has 3 rings (SSSR count). The average molecular weight is 382 g/mol. The number of amides is 2. The molecule has 1 fully saturated rings. The Morgan fingerprint density at radius 1 is 1.18 bits per heavy atom. The van der Waals surface area contributed by atoms with E-state index in [1.165, 1.54) is 4.90 Å². The van der Waals surface area contributed by atoms with Crippen LogP contribution in [0.15, 0.2) is 48.5 Å². The van der Waals surface area contributed by atoms with Crippen LogP contribution < -0.4 is 15.0 Å². The molecule has 1 N–H and O–H groups in total. The molecule has 7 nitrogen and oxygen atoms in total. The van der Waals surface area contributed by atoms with Crippen LogP contribution in [-0.2, 0) is 19.1 Å². The maximum Gasteiger partial charge on any atom is 0.311 e. The summed E-state index contributed by atoms with van der Waals surface area (Å²) in [6.45, 7) is 1.75. The number of carbonyl (C=O) groups excluding carboxylic acids is 3. The molecule has 2 amide bonds. The molecule has 0 saturated carbocycles. The van der Waals surface area contributed by atoms with Crippen LogP contribution >= 0.6 is 0 Å². The second-order valence-corrected chi connectivity index (χ2v) is 6.63. The Bertz CT molecular complexity index is 879. The highest BCUT2D eigenvalue weighted by atomic mass is 16.5. The van der Waals surface area contributed by atoms with Crippen LogP contribution in [0.2, 0.25) is 0 Å². The van der Waals surface area contributed by atoms with E-state index in [0.717, 1.165) is 5.56 Å². The zero-order valence-electron chi connectivity index (χ0n) is 15.8. The summed E-state index contributed by atoms with van der Waals surface area (Å²) >= 11 is 0. The number of anilines is 2. The van der Waals surface area contributed by atoms with Crippen LogP contribution in [0.25, 0.3) is 0 Å². The molecule has 1 aliphatic heterocycles. The third kappa shape index (κ3) is 4.68. The van der Waals surface area contributed by atoms with Gasteiger partial charge in [-0.05, 0) is 48.9 Å². The van der Waals surface area contributed by atoms with E-state index in [4.69, 9.17) is 9.47 Å². The van der Waals surface area contributed by atoms with Gasteiger partial charge in [-0.1, -0.05) is 12.1 Å². The lowest BCUT2D eigenvalue weighted by Gasteiger charge is -2.16. The molecule has 2 aromatic carbocycles. The average Bonchev–Trinajstić information content (AvgIpc) is 3.08. The summed E-state index contributed by atoms with van der Waals surface area (Å²) in [6.07, 6.45) is 0.0599. The molecule has 0 aliphatic carbocycles. The van der Waals surface area contributed by atoms with Crippen molar-refractivity contribution in [2.45, 2.75) is 13.3 Å². The number of nitrogens with one attached hydrogen (secondary N) is 1. The van der Waals surface area contributed by atoms with E-state index in [-0.39, 0.29) is 25.5 Å². The Kier molecular flexibility index (Phi) is 5.93. The monoisotopic (exact) mass is 382 g/mol. The quantitative estimate of drug-likeness (QED) is 0.776. The van der Waals surface area contributed by atoms with E-state index in [2.05, 4.69) is 5.32 Å². The van der Waals surface area contributed by atoms with Gasteiger partial charge >= 0.3 is 5.97 Å². The summed E-state index contributed by atoms with van der Waals surface area (Å²) in [6, 6.07) is 14.4. The van der Waals surface area contributed by atoms with Crippen LogP contribution in [-0.4, -0.2) is 38.0 Å². The fourth-order valence-electron chi connectivity index (χ4n) is 3.05. The van der Waals surface area contributed by atoms with Gasteiger partial charge in [0.15, 0.2) is 6.61 Å². The van der Waals surface area contributed by atoms with Crippen LogP contribution in [0.5, 0.6) is 5.75 Å². The fraction of sp³-hybridized carbons (Fsp3) is 0.286. The fourth-order valence-corrected chi connectivity index (χ4v) is 3.05. The van der Waals surface area contributed by atoms with Crippen LogP contribution in [0.3, 0.4) is 0 Å². The molecule has 0 radical (unpaired) electrons. The minimum atomic E-state index is -0.596. The van der Waals surface area contributed by atoms with Gasteiger partial charge in [0.1, 0.15) is 5.75 Å². The summed E-state index contributed by atoms with van der Waals surface area (Å²) in [5, 5.41) is 2.68. The third-order valence-corrected chi connectivity index (χ3v) is 4.49. The van der Waals surface area contributed by atoms with Gasteiger partial charge < -0.3 is 19.7 Å². The first-order chi connectivity index (χ1) is 13.5. The largest absolute Gasteiger partial charge is 0.497 e. The van der Waals surface area contributed by atoms with E-state index in [0.29, 0.717) is 17.1 Å². The maximum absolute atomic E-state index is 12.3. The Balaban J connectivity index is 1.52.